The smallest absolute Gasteiger partial charge is 0.252 e. The van der Waals surface area contributed by atoms with Crippen LogP contribution in [0.4, 0.5) is 20.2 Å². The van der Waals surface area contributed by atoms with Gasteiger partial charge in [0.15, 0.2) is 0 Å². The number of benzene rings is 4. The van der Waals surface area contributed by atoms with Crippen LogP contribution < -0.4 is 15.0 Å². The first-order valence-electron chi connectivity index (χ1n) is 12.0. The summed E-state index contributed by atoms with van der Waals surface area (Å²) in [5.41, 5.74) is 2.35. The van der Waals surface area contributed by atoms with Crippen molar-refractivity contribution < 1.29 is 23.1 Å². The second kappa shape index (κ2) is 11.1. The summed E-state index contributed by atoms with van der Waals surface area (Å²) in [6, 6.07) is 23.2. The van der Waals surface area contributed by atoms with Crippen LogP contribution in [0.5, 0.6) is 5.75 Å². The maximum absolute atomic E-state index is 14.0. The number of carbonyl (C=O) groups excluding carboxylic acids is 2. The van der Waals surface area contributed by atoms with Gasteiger partial charge in [-0.05, 0) is 78.4 Å². The van der Waals surface area contributed by atoms with Gasteiger partial charge in [-0.25, -0.2) is 13.5 Å². The van der Waals surface area contributed by atoms with Crippen LogP contribution in [0.2, 0.25) is 0 Å². The minimum Gasteiger partial charge on any atom is -0.497 e. The van der Waals surface area contributed by atoms with E-state index < -0.39 is 29.5 Å². The first-order chi connectivity index (χ1) is 18.9. The Bertz CT molecular complexity index is 1600. The lowest BCUT2D eigenvalue weighted by Crippen LogP contribution is -2.43. The standard InChI is InChI=1S/C29H23F2N5O3/c1-39-24-16-6-19(7-17-24)28(29(38)32-22-12-8-20(30)9-13-22)36(23-14-10-21(31)11-15-23)27(37)18-35-26-5-3-2-4-25(26)33-34-35/h2-17,28H,18H2,1H3,(H,32,38)/t28-/m0/s1. The lowest BCUT2D eigenvalue weighted by Gasteiger charge is -2.31. The average Bonchev–Trinajstić information content (AvgIpc) is 3.36. The summed E-state index contributed by atoms with van der Waals surface area (Å²) in [5, 5.41) is 11.0. The Morgan fingerprint density at radius 1 is 0.897 bits per heavy atom. The van der Waals surface area contributed by atoms with E-state index in [0.717, 1.165) is 0 Å². The van der Waals surface area contributed by atoms with Crippen molar-refractivity contribution in [2.24, 2.45) is 0 Å². The second-order valence-corrected chi connectivity index (χ2v) is 8.65. The van der Waals surface area contributed by atoms with E-state index >= 15 is 0 Å². The SMILES string of the molecule is COc1ccc([C@@H](C(=O)Nc2ccc(F)cc2)N(C(=O)Cn2nnc3ccccc32)c2ccc(F)cc2)cc1. The van der Waals surface area contributed by atoms with Gasteiger partial charge in [-0.2, -0.15) is 0 Å². The highest BCUT2D eigenvalue weighted by Gasteiger charge is 2.33. The van der Waals surface area contributed by atoms with Gasteiger partial charge in [0.1, 0.15) is 35.5 Å². The number of ether oxygens (including phenoxy) is 1. The number of anilines is 2. The molecular formula is C29H23F2N5O3. The van der Waals surface area contributed by atoms with Gasteiger partial charge in [0, 0.05) is 11.4 Å². The molecule has 0 aliphatic carbocycles. The summed E-state index contributed by atoms with van der Waals surface area (Å²) in [6.07, 6.45) is 0. The molecule has 5 rings (SSSR count). The van der Waals surface area contributed by atoms with E-state index in [-0.39, 0.29) is 6.54 Å². The number of para-hydroxylation sites is 1. The number of hydrogen-bond donors (Lipinski definition) is 1. The Labute approximate surface area is 222 Å². The zero-order valence-corrected chi connectivity index (χ0v) is 20.8. The molecule has 8 nitrogen and oxygen atoms in total. The third-order valence-electron chi connectivity index (χ3n) is 6.13. The molecule has 196 valence electrons. The number of aromatic nitrogens is 3. The third-order valence-corrected chi connectivity index (χ3v) is 6.13. The monoisotopic (exact) mass is 527 g/mol. The molecule has 5 aromatic rings. The summed E-state index contributed by atoms with van der Waals surface area (Å²) in [4.78, 5) is 29.1. The van der Waals surface area contributed by atoms with Gasteiger partial charge in [0.2, 0.25) is 5.91 Å². The molecule has 0 aliphatic rings. The highest BCUT2D eigenvalue weighted by atomic mass is 19.1. The predicted octanol–water partition coefficient (Wildman–Crippen LogP) is 5.13. The minimum atomic E-state index is -1.19. The lowest BCUT2D eigenvalue weighted by molar-refractivity contribution is -0.124. The molecule has 2 amide bonds. The fourth-order valence-electron chi connectivity index (χ4n) is 4.22. The molecule has 0 saturated carbocycles. The fourth-order valence-corrected chi connectivity index (χ4v) is 4.22. The summed E-state index contributed by atoms with van der Waals surface area (Å²) in [6.45, 7) is -0.242. The largest absolute Gasteiger partial charge is 0.497 e. The predicted molar refractivity (Wildman–Crippen MR) is 142 cm³/mol. The molecule has 1 heterocycles. The maximum Gasteiger partial charge on any atom is 0.252 e. The molecule has 0 unspecified atom stereocenters. The quantitative estimate of drug-likeness (QED) is 0.302. The number of nitrogens with one attached hydrogen (secondary N) is 1. The fraction of sp³-hybridized carbons (Fsp3) is 0.103. The molecule has 0 fully saturated rings. The Morgan fingerprint density at radius 3 is 2.21 bits per heavy atom. The van der Waals surface area contributed by atoms with Crippen LogP contribution in [0.3, 0.4) is 0 Å². The van der Waals surface area contributed by atoms with E-state index in [1.54, 1.807) is 42.5 Å². The first-order valence-corrected chi connectivity index (χ1v) is 12.0. The summed E-state index contributed by atoms with van der Waals surface area (Å²) in [5.74, 6) is -1.45. The van der Waals surface area contributed by atoms with Crippen LogP contribution in [0.1, 0.15) is 11.6 Å². The van der Waals surface area contributed by atoms with Crippen molar-refractivity contribution in [3.8, 4) is 5.75 Å². The van der Waals surface area contributed by atoms with E-state index in [2.05, 4.69) is 15.6 Å². The van der Waals surface area contributed by atoms with Crippen LogP contribution in [0.25, 0.3) is 11.0 Å². The van der Waals surface area contributed by atoms with Crippen molar-refractivity contribution in [3.05, 3.63) is 114 Å². The van der Waals surface area contributed by atoms with Gasteiger partial charge in [-0.3, -0.25) is 14.5 Å². The van der Waals surface area contributed by atoms with Crippen LogP contribution in [-0.2, 0) is 16.1 Å². The number of halogens is 2. The topological polar surface area (TPSA) is 89.4 Å². The van der Waals surface area contributed by atoms with Crippen LogP contribution in [0.15, 0.2) is 97.1 Å². The molecule has 1 N–H and O–H groups in total. The lowest BCUT2D eigenvalue weighted by atomic mass is 10.0. The molecule has 0 radical (unpaired) electrons. The number of hydrogen-bond acceptors (Lipinski definition) is 5. The number of amides is 2. The van der Waals surface area contributed by atoms with Gasteiger partial charge in [0.25, 0.3) is 5.91 Å². The Hall–Kier alpha value is -5.12. The minimum absolute atomic E-state index is 0.242. The molecule has 0 aliphatic heterocycles. The van der Waals surface area contributed by atoms with Crippen LogP contribution >= 0.6 is 0 Å². The highest BCUT2D eigenvalue weighted by molar-refractivity contribution is 6.05. The van der Waals surface area contributed by atoms with Crippen LogP contribution in [0, 0.1) is 11.6 Å². The van der Waals surface area contributed by atoms with Gasteiger partial charge < -0.3 is 10.1 Å². The summed E-state index contributed by atoms with van der Waals surface area (Å²) < 4.78 is 34.0. The van der Waals surface area contributed by atoms with Crippen molar-refractivity contribution in [1.82, 2.24) is 15.0 Å². The van der Waals surface area contributed by atoms with E-state index in [1.807, 2.05) is 6.07 Å². The van der Waals surface area contributed by atoms with Crippen molar-refractivity contribution in [2.45, 2.75) is 12.6 Å². The molecule has 4 aromatic carbocycles. The molecule has 1 aromatic heterocycles. The second-order valence-electron chi connectivity index (χ2n) is 8.65. The van der Waals surface area contributed by atoms with Crippen molar-refractivity contribution in [3.63, 3.8) is 0 Å². The zero-order chi connectivity index (χ0) is 27.4. The number of carbonyl (C=O) groups is 2. The van der Waals surface area contributed by atoms with Gasteiger partial charge >= 0.3 is 0 Å². The number of fused-ring (bicyclic) bond motifs is 1. The molecule has 39 heavy (non-hydrogen) atoms. The highest BCUT2D eigenvalue weighted by Crippen LogP contribution is 2.31. The Kier molecular flexibility index (Phi) is 7.26. The van der Waals surface area contributed by atoms with Crippen LogP contribution in [-0.4, -0.2) is 33.9 Å². The Balaban J connectivity index is 1.58. The van der Waals surface area contributed by atoms with Gasteiger partial charge in [-0.1, -0.05) is 29.5 Å². The van der Waals surface area contributed by atoms with E-state index in [4.69, 9.17) is 4.74 Å². The normalized spacial score (nSPS) is 11.7. The van der Waals surface area contributed by atoms with E-state index in [1.165, 1.54) is 65.2 Å². The summed E-state index contributed by atoms with van der Waals surface area (Å²) in [7, 11) is 1.52. The summed E-state index contributed by atoms with van der Waals surface area (Å²) >= 11 is 0. The van der Waals surface area contributed by atoms with Crippen molar-refractivity contribution in [2.75, 3.05) is 17.3 Å². The maximum atomic E-state index is 14.0. The molecule has 0 bridgehead atoms. The van der Waals surface area contributed by atoms with Gasteiger partial charge in [0.05, 0.1) is 12.6 Å². The third kappa shape index (κ3) is 5.59. The molecular weight excluding hydrogens is 504 g/mol. The molecule has 0 spiro atoms. The first kappa shape index (κ1) is 25.5. The van der Waals surface area contributed by atoms with Crippen molar-refractivity contribution in [1.29, 1.82) is 0 Å². The molecule has 10 heteroatoms. The molecule has 1 atom stereocenters. The van der Waals surface area contributed by atoms with Gasteiger partial charge in [-0.15, -0.1) is 5.10 Å². The van der Waals surface area contributed by atoms with E-state index in [9.17, 15) is 18.4 Å². The number of nitrogens with zero attached hydrogens (tertiary/aromatic N) is 4. The number of methoxy groups -OCH3 is 1. The molecule has 0 saturated heterocycles. The average molecular weight is 528 g/mol. The van der Waals surface area contributed by atoms with E-state index in [0.29, 0.717) is 33.7 Å². The number of rotatable bonds is 8. The van der Waals surface area contributed by atoms with Crippen molar-refractivity contribution >= 4 is 34.2 Å². The zero-order valence-electron chi connectivity index (χ0n) is 20.8. The Morgan fingerprint density at radius 2 is 1.54 bits per heavy atom.